The maximum Gasteiger partial charge on any atom is 0.327 e. The van der Waals surface area contributed by atoms with E-state index in [0.29, 0.717) is 12.8 Å². The van der Waals surface area contributed by atoms with Crippen molar-refractivity contribution in [1.29, 1.82) is 0 Å². The van der Waals surface area contributed by atoms with Crippen LogP contribution in [0.2, 0.25) is 0 Å². The van der Waals surface area contributed by atoms with E-state index in [1.54, 1.807) is 0 Å². The summed E-state index contributed by atoms with van der Waals surface area (Å²) < 4.78 is 22.4. The zero-order valence-corrected chi connectivity index (χ0v) is 11.0. The van der Waals surface area contributed by atoms with E-state index >= 15 is 0 Å². The maximum atomic E-state index is 11.2. The molecule has 1 unspecified atom stereocenters. The number of hydrogen-bond donors (Lipinski definition) is 3. The van der Waals surface area contributed by atoms with Crippen molar-refractivity contribution in [2.45, 2.75) is 31.8 Å². The van der Waals surface area contributed by atoms with Gasteiger partial charge in [-0.05, 0) is 12.8 Å². The second-order valence-electron chi connectivity index (χ2n) is 4.43. The number of sulfone groups is 1. The Kier molecular flexibility index (Phi) is 5.09. The van der Waals surface area contributed by atoms with Gasteiger partial charge in [0.15, 0.2) is 0 Å². The summed E-state index contributed by atoms with van der Waals surface area (Å²) in [4.78, 5) is 21.7. The van der Waals surface area contributed by atoms with Gasteiger partial charge in [0.2, 0.25) is 5.91 Å². The molecule has 1 saturated heterocycles. The minimum absolute atomic E-state index is 0.0101. The third-order valence-corrected chi connectivity index (χ3v) is 4.56. The number of carboxylic acid groups (broad SMARTS) is 1. The van der Waals surface area contributed by atoms with Crippen molar-refractivity contribution in [2.24, 2.45) is 0 Å². The fourth-order valence-corrected chi connectivity index (χ4v) is 3.32. The number of carbonyl (C=O) groups excluding carboxylic acids is 1. The van der Waals surface area contributed by atoms with Crippen molar-refractivity contribution in [2.75, 3.05) is 18.1 Å². The topological polar surface area (TPSA) is 113 Å². The molecular formula is C10H18N2O5S. The van der Waals surface area contributed by atoms with Crippen LogP contribution < -0.4 is 10.6 Å². The number of carboxylic acids is 1. The van der Waals surface area contributed by atoms with Gasteiger partial charge in [0.25, 0.3) is 0 Å². The second-order valence-corrected chi connectivity index (χ2v) is 6.73. The highest BCUT2D eigenvalue weighted by Crippen LogP contribution is 2.11. The predicted octanol–water partition coefficient (Wildman–Crippen LogP) is -1.26. The fraction of sp³-hybridized carbons (Fsp3) is 0.800. The number of nitrogens with one attached hydrogen (secondary N) is 2. The van der Waals surface area contributed by atoms with Crippen LogP contribution >= 0.6 is 0 Å². The molecule has 1 atom stereocenters. The quantitative estimate of drug-likeness (QED) is 0.579. The lowest BCUT2D eigenvalue weighted by Crippen LogP contribution is -2.49. The Bertz CT molecular complexity index is 406. The summed E-state index contributed by atoms with van der Waals surface area (Å²) in [5.41, 5.74) is 0. The molecule has 3 N–H and O–H groups in total. The highest BCUT2D eigenvalue weighted by atomic mass is 32.2. The van der Waals surface area contributed by atoms with Gasteiger partial charge in [-0.25, -0.2) is 13.2 Å². The Labute approximate surface area is 106 Å². The van der Waals surface area contributed by atoms with Crippen molar-refractivity contribution < 1.29 is 23.1 Å². The highest BCUT2D eigenvalue weighted by Gasteiger charge is 2.25. The van der Waals surface area contributed by atoms with E-state index in [1.165, 1.54) is 6.92 Å². The van der Waals surface area contributed by atoms with E-state index in [-0.39, 0.29) is 24.1 Å². The van der Waals surface area contributed by atoms with Gasteiger partial charge in [0.05, 0.1) is 11.5 Å². The highest BCUT2D eigenvalue weighted by molar-refractivity contribution is 7.91. The zero-order chi connectivity index (χ0) is 13.8. The molecule has 0 aliphatic carbocycles. The average Bonchev–Trinajstić information content (AvgIpc) is 2.25. The van der Waals surface area contributed by atoms with Crippen LogP contribution in [0.4, 0.5) is 0 Å². The molecule has 0 aromatic heterocycles. The Morgan fingerprint density at radius 1 is 1.33 bits per heavy atom. The Balaban J connectivity index is 2.39. The standard InChI is InChI=1S/C10H18N2O5S/c1-7(13)12-9(10(14)15)6-11-8-2-4-18(16,17)5-3-8/h8-9,11H,2-6H2,1H3,(H,12,13)(H,14,15). The van der Waals surface area contributed by atoms with E-state index in [9.17, 15) is 18.0 Å². The largest absolute Gasteiger partial charge is 0.480 e. The van der Waals surface area contributed by atoms with Gasteiger partial charge in [-0.2, -0.15) is 0 Å². The average molecular weight is 278 g/mol. The monoisotopic (exact) mass is 278 g/mol. The molecule has 0 radical (unpaired) electrons. The number of hydrogen-bond acceptors (Lipinski definition) is 5. The van der Waals surface area contributed by atoms with Crippen molar-refractivity contribution in [3.8, 4) is 0 Å². The third-order valence-electron chi connectivity index (χ3n) is 2.84. The predicted molar refractivity (Wildman–Crippen MR) is 64.9 cm³/mol. The van der Waals surface area contributed by atoms with Crippen LogP contribution in [-0.2, 0) is 19.4 Å². The van der Waals surface area contributed by atoms with Gasteiger partial charge >= 0.3 is 5.97 Å². The first-order chi connectivity index (χ1) is 8.30. The molecule has 0 spiro atoms. The molecule has 1 fully saturated rings. The first-order valence-electron chi connectivity index (χ1n) is 5.74. The zero-order valence-electron chi connectivity index (χ0n) is 10.2. The van der Waals surface area contributed by atoms with Crippen molar-refractivity contribution >= 4 is 21.7 Å². The third kappa shape index (κ3) is 5.01. The molecule has 8 heteroatoms. The Morgan fingerprint density at radius 3 is 2.33 bits per heavy atom. The van der Waals surface area contributed by atoms with E-state index in [1.807, 2.05) is 0 Å². The van der Waals surface area contributed by atoms with Crippen LogP contribution in [0, 0.1) is 0 Å². The molecule has 1 rings (SSSR count). The summed E-state index contributed by atoms with van der Waals surface area (Å²) in [5, 5.41) is 14.2. The van der Waals surface area contributed by atoms with Gasteiger partial charge in [0, 0.05) is 19.5 Å². The molecular weight excluding hydrogens is 260 g/mol. The number of rotatable bonds is 5. The van der Waals surface area contributed by atoms with E-state index in [2.05, 4.69) is 10.6 Å². The number of carbonyl (C=O) groups is 2. The van der Waals surface area contributed by atoms with E-state index < -0.39 is 27.8 Å². The number of amides is 1. The summed E-state index contributed by atoms with van der Waals surface area (Å²) in [5.74, 6) is -1.26. The summed E-state index contributed by atoms with van der Waals surface area (Å²) in [6.45, 7) is 1.35. The van der Waals surface area contributed by atoms with Crippen LogP contribution in [0.25, 0.3) is 0 Å². The maximum absolute atomic E-state index is 11.2. The molecule has 7 nitrogen and oxygen atoms in total. The molecule has 1 amide bonds. The Hall–Kier alpha value is -1.15. The fourth-order valence-electron chi connectivity index (χ4n) is 1.82. The summed E-state index contributed by atoms with van der Waals surface area (Å²) in [6.07, 6.45) is 0.962. The molecule has 1 aliphatic heterocycles. The normalized spacial score (nSPS) is 21.2. The summed E-state index contributed by atoms with van der Waals surface area (Å²) in [6, 6.07) is -0.995. The van der Waals surface area contributed by atoms with Crippen LogP contribution in [0.1, 0.15) is 19.8 Å². The lowest BCUT2D eigenvalue weighted by atomic mass is 10.1. The lowest BCUT2D eigenvalue weighted by Gasteiger charge is -2.24. The molecule has 104 valence electrons. The molecule has 0 aromatic rings. The summed E-state index contributed by atoms with van der Waals surface area (Å²) in [7, 11) is -2.92. The molecule has 1 heterocycles. The van der Waals surface area contributed by atoms with Crippen LogP contribution in [0.5, 0.6) is 0 Å². The van der Waals surface area contributed by atoms with Crippen molar-refractivity contribution in [3.05, 3.63) is 0 Å². The molecule has 18 heavy (non-hydrogen) atoms. The smallest absolute Gasteiger partial charge is 0.327 e. The second kappa shape index (κ2) is 6.14. The minimum atomic E-state index is -2.92. The molecule has 0 aromatic carbocycles. The van der Waals surface area contributed by atoms with E-state index in [0.717, 1.165) is 0 Å². The van der Waals surface area contributed by atoms with Crippen molar-refractivity contribution in [3.63, 3.8) is 0 Å². The number of aliphatic carboxylic acids is 1. The van der Waals surface area contributed by atoms with Crippen LogP contribution in [0.3, 0.4) is 0 Å². The molecule has 1 aliphatic rings. The van der Waals surface area contributed by atoms with Gasteiger partial charge in [0.1, 0.15) is 15.9 Å². The van der Waals surface area contributed by atoms with Gasteiger partial charge in [-0.3, -0.25) is 4.79 Å². The first kappa shape index (κ1) is 14.9. The lowest BCUT2D eigenvalue weighted by molar-refractivity contribution is -0.141. The summed E-state index contributed by atoms with van der Waals surface area (Å²) >= 11 is 0. The molecule has 0 saturated carbocycles. The van der Waals surface area contributed by atoms with Gasteiger partial charge in [-0.1, -0.05) is 0 Å². The first-order valence-corrected chi connectivity index (χ1v) is 7.56. The van der Waals surface area contributed by atoms with Gasteiger partial charge in [-0.15, -0.1) is 0 Å². The SMILES string of the molecule is CC(=O)NC(CNC1CCS(=O)(=O)CC1)C(=O)O. The van der Waals surface area contributed by atoms with E-state index in [4.69, 9.17) is 5.11 Å². The molecule has 0 bridgehead atoms. The van der Waals surface area contributed by atoms with Crippen LogP contribution in [-0.4, -0.2) is 55.5 Å². The van der Waals surface area contributed by atoms with Crippen molar-refractivity contribution in [1.82, 2.24) is 10.6 Å². The Morgan fingerprint density at radius 2 is 1.89 bits per heavy atom. The van der Waals surface area contributed by atoms with Gasteiger partial charge < -0.3 is 15.7 Å². The van der Waals surface area contributed by atoms with Crippen LogP contribution in [0.15, 0.2) is 0 Å². The minimum Gasteiger partial charge on any atom is -0.480 e.